The van der Waals surface area contributed by atoms with Crippen LogP contribution < -0.4 is 5.32 Å². The summed E-state index contributed by atoms with van der Waals surface area (Å²) in [6, 6.07) is 9.56. The summed E-state index contributed by atoms with van der Waals surface area (Å²) < 4.78 is 23.1. The minimum absolute atomic E-state index is 0.00219. The third-order valence-electron chi connectivity index (χ3n) is 4.21. The number of amides is 2. The molecule has 1 aliphatic rings. The van der Waals surface area contributed by atoms with Crippen LogP contribution in [0.5, 0.6) is 0 Å². The van der Waals surface area contributed by atoms with Gasteiger partial charge in [-0.3, -0.25) is 9.59 Å². The van der Waals surface area contributed by atoms with Crippen LogP contribution in [-0.2, 0) is 25.8 Å². The van der Waals surface area contributed by atoms with E-state index >= 15 is 0 Å². The van der Waals surface area contributed by atoms with E-state index in [1.165, 1.54) is 11.8 Å². The van der Waals surface area contributed by atoms with Crippen LogP contribution in [0.4, 0.5) is 0 Å². The van der Waals surface area contributed by atoms with E-state index in [4.69, 9.17) is 0 Å². The van der Waals surface area contributed by atoms with Gasteiger partial charge < -0.3 is 10.2 Å². The zero-order chi connectivity index (χ0) is 17.6. The molecule has 0 aromatic heterocycles. The van der Waals surface area contributed by atoms with Gasteiger partial charge in [0.1, 0.15) is 0 Å². The van der Waals surface area contributed by atoms with Gasteiger partial charge in [-0.1, -0.05) is 30.3 Å². The quantitative estimate of drug-likeness (QED) is 0.786. The SMILES string of the molecule is CC(=O)N(CCC(=O)NCCc1ccccc1)C1CCS(=O)(=O)C1. The molecule has 1 heterocycles. The molecular formula is C17H24N2O4S. The second-order valence-electron chi connectivity index (χ2n) is 6.10. The number of hydrogen-bond acceptors (Lipinski definition) is 4. The van der Waals surface area contributed by atoms with Crippen molar-refractivity contribution < 1.29 is 18.0 Å². The van der Waals surface area contributed by atoms with E-state index in [1.807, 2.05) is 30.3 Å². The first-order chi connectivity index (χ1) is 11.4. The van der Waals surface area contributed by atoms with Crippen LogP contribution in [0.15, 0.2) is 30.3 Å². The van der Waals surface area contributed by atoms with Gasteiger partial charge in [-0.05, 0) is 18.4 Å². The molecule has 24 heavy (non-hydrogen) atoms. The van der Waals surface area contributed by atoms with E-state index < -0.39 is 9.84 Å². The molecule has 7 heteroatoms. The second kappa shape index (κ2) is 8.28. The monoisotopic (exact) mass is 352 g/mol. The molecule has 2 amide bonds. The largest absolute Gasteiger partial charge is 0.356 e. The van der Waals surface area contributed by atoms with E-state index in [2.05, 4.69) is 5.32 Å². The number of sulfone groups is 1. The fourth-order valence-electron chi connectivity index (χ4n) is 2.92. The molecule has 6 nitrogen and oxygen atoms in total. The number of nitrogens with zero attached hydrogens (tertiary/aromatic N) is 1. The lowest BCUT2D eigenvalue weighted by molar-refractivity contribution is -0.131. The van der Waals surface area contributed by atoms with Gasteiger partial charge in [0.2, 0.25) is 11.8 Å². The van der Waals surface area contributed by atoms with Crippen molar-refractivity contribution in [2.24, 2.45) is 0 Å². The molecule has 2 rings (SSSR count). The molecule has 0 radical (unpaired) electrons. The highest BCUT2D eigenvalue weighted by Gasteiger charge is 2.33. The van der Waals surface area contributed by atoms with E-state index in [9.17, 15) is 18.0 Å². The van der Waals surface area contributed by atoms with Crippen LogP contribution in [0.25, 0.3) is 0 Å². The number of rotatable bonds is 7. The van der Waals surface area contributed by atoms with Crippen LogP contribution >= 0.6 is 0 Å². The molecule has 1 saturated heterocycles. The molecule has 1 unspecified atom stereocenters. The Kier molecular flexibility index (Phi) is 6.36. The van der Waals surface area contributed by atoms with Crippen molar-refractivity contribution in [1.29, 1.82) is 0 Å². The lowest BCUT2D eigenvalue weighted by atomic mass is 10.1. The van der Waals surface area contributed by atoms with Gasteiger partial charge in [0, 0.05) is 32.5 Å². The van der Waals surface area contributed by atoms with Crippen molar-refractivity contribution >= 4 is 21.7 Å². The molecule has 0 saturated carbocycles. The summed E-state index contributed by atoms with van der Waals surface area (Å²) in [5, 5.41) is 2.84. The van der Waals surface area contributed by atoms with Gasteiger partial charge in [0.15, 0.2) is 9.84 Å². The maximum Gasteiger partial charge on any atom is 0.221 e. The van der Waals surface area contributed by atoms with Gasteiger partial charge in [-0.15, -0.1) is 0 Å². The van der Waals surface area contributed by atoms with Gasteiger partial charge in [0.05, 0.1) is 11.5 Å². The predicted molar refractivity (Wildman–Crippen MR) is 92.2 cm³/mol. The Morgan fingerprint density at radius 2 is 1.96 bits per heavy atom. The summed E-state index contributed by atoms with van der Waals surface area (Å²) >= 11 is 0. The summed E-state index contributed by atoms with van der Waals surface area (Å²) in [6.07, 6.45) is 1.40. The minimum Gasteiger partial charge on any atom is -0.356 e. The van der Waals surface area contributed by atoms with Crippen LogP contribution in [0.2, 0.25) is 0 Å². The molecule has 1 atom stereocenters. The zero-order valence-electron chi connectivity index (χ0n) is 13.9. The number of benzene rings is 1. The van der Waals surface area contributed by atoms with Crippen molar-refractivity contribution in [3.63, 3.8) is 0 Å². The predicted octanol–water partition coefficient (Wildman–Crippen LogP) is 0.771. The normalized spacial score (nSPS) is 19.0. The number of nitrogens with one attached hydrogen (secondary N) is 1. The van der Waals surface area contributed by atoms with Gasteiger partial charge in [-0.25, -0.2) is 8.42 Å². The van der Waals surface area contributed by atoms with E-state index in [1.54, 1.807) is 0 Å². The molecule has 1 aromatic rings. The number of carbonyl (C=O) groups is 2. The minimum atomic E-state index is -3.05. The molecule has 1 aliphatic heterocycles. The van der Waals surface area contributed by atoms with Crippen LogP contribution in [0, 0.1) is 0 Å². The van der Waals surface area contributed by atoms with Crippen molar-refractivity contribution in [1.82, 2.24) is 10.2 Å². The van der Waals surface area contributed by atoms with Gasteiger partial charge in [0.25, 0.3) is 0 Å². The maximum atomic E-state index is 11.9. The lowest BCUT2D eigenvalue weighted by Gasteiger charge is -2.26. The molecule has 0 aliphatic carbocycles. The van der Waals surface area contributed by atoms with E-state index in [0.29, 0.717) is 13.0 Å². The third-order valence-corrected chi connectivity index (χ3v) is 5.96. The highest BCUT2D eigenvalue weighted by atomic mass is 32.2. The number of hydrogen-bond donors (Lipinski definition) is 1. The Balaban J connectivity index is 1.75. The summed E-state index contributed by atoms with van der Waals surface area (Å²) in [7, 11) is -3.05. The average Bonchev–Trinajstić information content (AvgIpc) is 2.88. The molecule has 1 N–H and O–H groups in total. The van der Waals surface area contributed by atoms with Crippen molar-refractivity contribution in [3.05, 3.63) is 35.9 Å². The topological polar surface area (TPSA) is 83.6 Å². The first kappa shape index (κ1) is 18.4. The van der Waals surface area contributed by atoms with Crippen molar-refractivity contribution in [3.8, 4) is 0 Å². The van der Waals surface area contributed by atoms with E-state index in [-0.39, 0.29) is 42.3 Å². The fourth-order valence-corrected chi connectivity index (χ4v) is 4.65. The Bertz CT molecular complexity index is 673. The molecule has 132 valence electrons. The molecule has 1 aromatic carbocycles. The third kappa shape index (κ3) is 5.63. The summed E-state index contributed by atoms with van der Waals surface area (Å²) in [6.45, 7) is 2.21. The van der Waals surface area contributed by atoms with Crippen LogP contribution in [0.3, 0.4) is 0 Å². The smallest absolute Gasteiger partial charge is 0.221 e. The maximum absolute atomic E-state index is 11.9. The Morgan fingerprint density at radius 1 is 1.25 bits per heavy atom. The lowest BCUT2D eigenvalue weighted by Crippen LogP contribution is -2.42. The highest BCUT2D eigenvalue weighted by molar-refractivity contribution is 7.91. The standard InChI is InChI=1S/C17H24N2O4S/c1-14(20)19(16-9-12-24(22,23)13-16)11-8-17(21)18-10-7-15-5-3-2-4-6-15/h2-6,16H,7-13H2,1H3,(H,18,21). The van der Waals surface area contributed by atoms with Gasteiger partial charge >= 0.3 is 0 Å². The second-order valence-corrected chi connectivity index (χ2v) is 8.33. The highest BCUT2D eigenvalue weighted by Crippen LogP contribution is 2.18. The zero-order valence-corrected chi connectivity index (χ0v) is 14.7. The fraction of sp³-hybridized carbons (Fsp3) is 0.529. The molecule has 0 bridgehead atoms. The first-order valence-electron chi connectivity index (χ1n) is 8.15. The molecular weight excluding hydrogens is 328 g/mol. The summed E-state index contributed by atoms with van der Waals surface area (Å²) in [5.41, 5.74) is 1.15. The first-order valence-corrected chi connectivity index (χ1v) is 9.98. The van der Waals surface area contributed by atoms with Crippen LogP contribution in [0.1, 0.15) is 25.3 Å². The van der Waals surface area contributed by atoms with Crippen LogP contribution in [-0.4, -0.2) is 55.8 Å². The Morgan fingerprint density at radius 3 is 2.54 bits per heavy atom. The molecule has 1 fully saturated rings. The average molecular weight is 352 g/mol. The Labute approximate surface area is 143 Å². The van der Waals surface area contributed by atoms with Crippen molar-refractivity contribution in [2.45, 2.75) is 32.2 Å². The van der Waals surface area contributed by atoms with Crippen molar-refractivity contribution in [2.75, 3.05) is 24.6 Å². The number of carbonyl (C=O) groups excluding carboxylic acids is 2. The Hall–Kier alpha value is -1.89. The molecule has 0 spiro atoms. The summed E-state index contributed by atoms with van der Waals surface area (Å²) in [5.74, 6) is -0.195. The van der Waals surface area contributed by atoms with E-state index in [0.717, 1.165) is 12.0 Å². The van der Waals surface area contributed by atoms with Gasteiger partial charge in [-0.2, -0.15) is 0 Å². The summed E-state index contributed by atoms with van der Waals surface area (Å²) in [4.78, 5) is 25.2.